The molecule has 0 saturated carbocycles. The van der Waals surface area contributed by atoms with Gasteiger partial charge in [-0.2, -0.15) is 0 Å². The lowest BCUT2D eigenvalue weighted by Gasteiger charge is -2.17. The van der Waals surface area contributed by atoms with Crippen LogP contribution in [-0.4, -0.2) is 44.4 Å². The van der Waals surface area contributed by atoms with Crippen LogP contribution in [0, 0.1) is 12.3 Å². The summed E-state index contributed by atoms with van der Waals surface area (Å²) in [4.78, 5) is 12.0. The van der Waals surface area contributed by atoms with Crippen molar-refractivity contribution in [2.45, 2.75) is 33.0 Å². The van der Waals surface area contributed by atoms with Gasteiger partial charge in [-0.1, -0.05) is 17.7 Å². The number of esters is 1. The van der Waals surface area contributed by atoms with E-state index in [2.05, 4.69) is 0 Å². The van der Waals surface area contributed by atoms with E-state index in [1.165, 1.54) is 0 Å². The Kier molecular flexibility index (Phi) is 8.33. The molecule has 0 radical (unpaired) electrons. The Balaban J connectivity index is 1.66. The molecule has 0 saturated heterocycles. The van der Waals surface area contributed by atoms with Crippen molar-refractivity contribution in [2.24, 2.45) is 0 Å². The van der Waals surface area contributed by atoms with Gasteiger partial charge in [-0.05, 0) is 57.2 Å². The minimum atomic E-state index is -0.741. The van der Waals surface area contributed by atoms with Crippen molar-refractivity contribution >= 4 is 11.9 Å². The number of hydrogen-bond acceptors (Lipinski definition) is 7. The van der Waals surface area contributed by atoms with Crippen LogP contribution in [0.3, 0.4) is 0 Å². The van der Waals surface area contributed by atoms with Gasteiger partial charge in [0.1, 0.15) is 30.5 Å². The van der Waals surface area contributed by atoms with Crippen LogP contribution in [0.5, 0.6) is 17.2 Å². The number of nitrogens with one attached hydrogen (secondary N) is 1. The van der Waals surface area contributed by atoms with Crippen molar-refractivity contribution in [3.63, 3.8) is 0 Å². The van der Waals surface area contributed by atoms with Crippen molar-refractivity contribution < 1.29 is 28.5 Å². The van der Waals surface area contributed by atoms with E-state index < -0.39 is 18.2 Å². The molecule has 2 aromatic rings. The first-order chi connectivity index (χ1) is 13.9. The molecule has 0 fully saturated rings. The third-order valence-electron chi connectivity index (χ3n) is 3.99. The zero-order chi connectivity index (χ0) is 21.2. The molecule has 29 heavy (non-hydrogen) atoms. The zero-order valence-corrected chi connectivity index (χ0v) is 17.1. The average molecular weight is 401 g/mol. The summed E-state index contributed by atoms with van der Waals surface area (Å²) >= 11 is 0. The minimum Gasteiger partial charge on any atom is -0.497 e. The van der Waals surface area contributed by atoms with Crippen LogP contribution in [0.4, 0.5) is 0 Å². The summed E-state index contributed by atoms with van der Waals surface area (Å²) in [7, 11) is 1.59. The molecular formula is C22H27NO6. The molecule has 1 N–H and O–H groups in total. The fourth-order valence-electron chi connectivity index (χ4n) is 2.31. The van der Waals surface area contributed by atoms with Crippen LogP contribution in [0.1, 0.15) is 19.4 Å². The molecule has 156 valence electrons. The predicted octanol–water partition coefficient (Wildman–Crippen LogP) is 3.78. The smallest absolute Gasteiger partial charge is 0.347 e. The largest absolute Gasteiger partial charge is 0.497 e. The monoisotopic (exact) mass is 401 g/mol. The number of carbonyl (C=O) groups excluding carboxylic acids is 1. The van der Waals surface area contributed by atoms with E-state index in [9.17, 15) is 4.79 Å². The van der Waals surface area contributed by atoms with Gasteiger partial charge in [0.05, 0.1) is 7.11 Å². The molecule has 2 atom stereocenters. The molecule has 0 bridgehead atoms. The fourth-order valence-corrected chi connectivity index (χ4v) is 2.31. The Morgan fingerprint density at radius 3 is 1.90 bits per heavy atom. The van der Waals surface area contributed by atoms with Gasteiger partial charge in [-0.25, -0.2) is 4.79 Å². The van der Waals surface area contributed by atoms with Crippen LogP contribution in [0.2, 0.25) is 0 Å². The first kappa shape index (κ1) is 22.1. The van der Waals surface area contributed by atoms with E-state index in [1.54, 1.807) is 57.4 Å². The highest BCUT2D eigenvalue weighted by Crippen LogP contribution is 2.18. The summed E-state index contributed by atoms with van der Waals surface area (Å²) in [6.07, 6.45) is -1.32. The number of benzene rings is 2. The summed E-state index contributed by atoms with van der Waals surface area (Å²) in [6, 6.07) is 14.4. The van der Waals surface area contributed by atoms with E-state index >= 15 is 0 Å². The average Bonchev–Trinajstić information content (AvgIpc) is 2.72. The number of hydrogen-bond donors (Lipinski definition) is 1. The first-order valence-corrected chi connectivity index (χ1v) is 9.31. The van der Waals surface area contributed by atoms with Crippen molar-refractivity contribution in [1.29, 1.82) is 5.41 Å². The summed E-state index contributed by atoms with van der Waals surface area (Å²) in [5, 5.41) is 7.92. The number of aryl methyl sites for hydroxylation is 1. The molecule has 7 heteroatoms. The van der Waals surface area contributed by atoms with E-state index in [0.717, 1.165) is 11.3 Å². The van der Waals surface area contributed by atoms with E-state index in [4.69, 9.17) is 29.1 Å². The Hall–Kier alpha value is -3.22. The second-order valence-corrected chi connectivity index (χ2v) is 6.39. The second kappa shape index (κ2) is 10.9. The van der Waals surface area contributed by atoms with Gasteiger partial charge in [-0.3, -0.25) is 5.41 Å². The maximum Gasteiger partial charge on any atom is 0.347 e. The van der Waals surface area contributed by atoms with Gasteiger partial charge in [-0.15, -0.1) is 0 Å². The van der Waals surface area contributed by atoms with Gasteiger partial charge < -0.3 is 23.7 Å². The highest BCUT2D eigenvalue weighted by atomic mass is 16.6. The molecule has 0 aliphatic heterocycles. The molecule has 0 spiro atoms. The van der Waals surface area contributed by atoms with Crippen LogP contribution < -0.4 is 14.2 Å². The molecule has 2 aromatic carbocycles. The number of carbonyl (C=O) groups is 1. The molecular weight excluding hydrogens is 374 g/mol. The van der Waals surface area contributed by atoms with E-state index in [-0.39, 0.29) is 19.1 Å². The van der Waals surface area contributed by atoms with Gasteiger partial charge in [0.15, 0.2) is 12.2 Å². The molecule has 0 heterocycles. The molecule has 2 rings (SSSR count). The number of ether oxygens (including phenoxy) is 5. The summed E-state index contributed by atoms with van der Waals surface area (Å²) in [5.41, 5.74) is 1.11. The predicted molar refractivity (Wildman–Crippen MR) is 109 cm³/mol. The Bertz CT molecular complexity index is 788. The van der Waals surface area contributed by atoms with Crippen LogP contribution in [-0.2, 0) is 14.3 Å². The second-order valence-electron chi connectivity index (χ2n) is 6.39. The third-order valence-corrected chi connectivity index (χ3v) is 3.99. The van der Waals surface area contributed by atoms with E-state index in [0.29, 0.717) is 11.5 Å². The van der Waals surface area contributed by atoms with Crippen LogP contribution >= 0.6 is 0 Å². The van der Waals surface area contributed by atoms with Gasteiger partial charge >= 0.3 is 5.97 Å². The summed E-state index contributed by atoms with van der Waals surface area (Å²) in [5.74, 6) is 1.37. The van der Waals surface area contributed by atoms with Gasteiger partial charge in [0.2, 0.25) is 5.90 Å². The highest BCUT2D eigenvalue weighted by Gasteiger charge is 2.17. The maximum absolute atomic E-state index is 12.0. The maximum atomic E-state index is 12.0. The molecule has 0 aliphatic carbocycles. The topological polar surface area (TPSA) is 87.1 Å². The molecule has 0 aliphatic rings. The quantitative estimate of drug-likeness (QED) is 0.282. The first-order valence-electron chi connectivity index (χ1n) is 9.31. The third kappa shape index (κ3) is 7.37. The fraction of sp³-hybridized carbons (Fsp3) is 0.364. The molecule has 7 nitrogen and oxygen atoms in total. The van der Waals surface area contributed by atoms with Crippen molar-refractivity contribution in [3.8, 4) is 17.2 Å². The molecule has 0 amide bonds. The van der Waals surface area contributed by atoms with Crippen molar-refractivity contribution in [1.82, 2.24) is 0 Å². The van der Waals surface area contributed by atoms with Crippen molar-refractivity contribution in [2.75, 3.05) is 20.3 Å². The highest BCUT2D eigenvalue weighted by molar-refractivity contribution is 5.77. The van der Waals surface area contributed by atoms with Gasteiger partial charge in [0.25, 0.3) is 0 Å². The lowest BCUT2D eigenvalue weighted by molar-refractivity contribution is -0.151. The number of rotatable bonds is 10. The summed E-state index contributed by atoms with van der Waals surface area (Å²) in [6.45, 7) is 5.37. The van der Waals surface area contributed by atoms with Crippen molar-refractivity contribution in [3.05, 3.63) is 54.1 Å². The summed E-state index contributed by atoms with van der Waals surface area (Å²) < 4.78 is 26.7. The zero-order valence-electron chi connectivity index (χ0n) is 17.1. The van der Waals surface area contributed by atoms with Crippen LogP contribution in [0.25, 0.3) is 0 Å². The lowest BCUT2D eigenvalue weighted by Crippen LogP contribution is -2.29. The Labute approximate surface area is 171 Å². The van der Waals surface area contributed by atoms with Crippen LogP contribution in [0.15, 0.2) is 48.5 Å². The molecule has 2 unspecified atom stereocenters. The number of methoxy groups -OCH3 is 1. The SMILES string of the molecule is COc1ccc(OC(C)C(=N)OCCOC(=O)C(C)Oc2ccc(C)cc2)cc1. The normalized spacial score (nSPS) is 12.4. The van der Waals surface area contributed by atoms with E-state index in [1.807, 2.05) is 19.1 Å². The minimum absolute atomic E-state index is 0.0120. The standard InChI is InChI=1S/C22H27NO6/c1-15-5-7-19(8-6-15)29-17(3)22(24)27-14-13-26-21(23)16(2)28-20-11-9-18(25-4)10-12-20/h5-12,16-17,23H,13-14H2,1-4H3. The Morgan fingerprint density at radius 1 is 0.828 bits per heavy atom. The Morgan fingerprint density at radius 2 is 1.31 bits per heavy atom. The lowest BCUT2D eigenvalue weighted by atomic mass is 10.2. The molecule has 0 aromatic heterocycles. The van der Waals surface area contributed by atoms with Gasteiger partial charge in [0, 0.05) is 0 Å².